The summed E-state index contributed by atoms with van der Waals surface area (Å²) in [6, 6.07) is 11.8. The molecule has 0 radical (unpaired) electrons. The van der Waals surface area contributed by atoms with E-state index in [9.17, 15) is 4.79 Å². The molecule has 0 bridgehead atoms. The minimum atomic E-state index is -0.0451. The van der Waals surface area contributed by atoms with E-state index in [0.717, 1.165) is 27.4 Å². The number of thiophene rings is 1. The van der Waals surface area contributed by atoms with Gasteiger partial charge in [0, 0.05) is 23.6 Å². The second kappa shape index (κ2) is 7.54. The van der Waals surface area contributed by atoms with Crippen LogP contribution >= 0.6 is 23.1 Å². The number of aryl methyl sites for hydroxylation is 1. The van der Waals surface area contributed by atoms with Gasteiger partial charge >= 0.3 is 0 Å². The van der Waals surface area contributed by atoms with E-state index in [1.54, 1.807) is 10.6 Å². The van der Waals surface area contributed by atoms with Crippen LogP contribution in [0.3, 0.4) is 0 Å². The van der Waals surface area contributed by atoms with Crippen molar-refractivity contribution in [2.45, 2.75) is 24.4 Å². The summed E-state index contributed by atoms with van der Waals surface area (Å²) in [6.45, 7) is 6.07. The van der Waals surface area contributed by atoms with Crippen molar-refractivity contribution < 1.29 is 4.52 Å². The van der Waals surface area contributed by atoms with Gasteiger partial charge in [-0.2, -0.15) is 0 Å². The van der Waals surface area contributed by atoms with Gasteiger partial charge in [-0.05, 0) is 12.5 Å². The molecule has 136 valence electrons. The number of nitrogens with zero attached hydrogens (tertiary/aromatic N) is 3. The predicted octanol–water partition coefficient (Wildman–Crippen LogP) is 4.90. The van der Waals surface area contributed by atoms with Crippen molar-refractivity contribution in [1.29, 1.82) is 0 Å². The van der Waals surface area contributed by atoms with Gasteiger partial charge in [-0.25, -0.2) is 4.98 Å². The van der Waals surface area contributed by atoms with Gasteiger partial charge < -0.3 is 4.52 Å². The van der Waals surface area contributed by atoms with Crippen molar-refractivity contribution in [2.24, 2.45) is 0 Å². The van der Waals surface area contributed by atoms with Crippen LogP contribution in [0.25, 0.3) is 21.3 Å². The lowest BCUT2D eigenvalue weighted by atomic mass is 10.1. The van der Waals surface area contributed by atoms with E-state index < -0.39 is 0 Å². The van der Waals surface area contributed by atoms with Gasteiger partial charge in [-0.3, -0.25) is 9.36 Å². The number of fused-ring (bicyclic) bond motifs is 1. The second-order valence-electron chi connectivity index (χ2n) is 6.02. The Hall–Kier alpha value is -2.64. The van der Waals surface area contributed by atoms with E-state index >= 15 is 0 Å². The largest absolute Gasteiger partial charge is 0.360 e. The van der Waals surface area contributed by atoms with E-state index in [-0.39, 0.29) is 5.56 Å². The van der Waals surface area contributed by atoms with Crippen LogP contribution in [0.5, 0.6) is 0 Å². The molecule has 0 saturated heterocycles. The Morgan fingerprint density at radius 1 is 1.33 bits per heavy atom. The summed E-state index contributed by atoms with van der Waals surface area (Å²) in [6.07, 6.45) is 1.71. The van der Waals surface area contributed by atoms with Gasteiger partial charge in [-0.15, -0.1) is 17.9 Å². The van der Waals surface area contributed by atoms with Crippen LogP contribution in [-0.4, -0.2) is 14.7 Å². The van der Waals surface area contributed by atoms with Gasteiger partial charge in [0.25, 0.3) is 5.56 Å². The average Bonchev–Trinajstić information content (AvgIpc) is 3.29. The molecule has 0 spiro atoms. The maximum Gasteiger partial charge on any atom is 0.263 e. The number of rotatable bonds is 6. The molecule has 0 aliphatic carbocycles. The quantitative estimate of drug-likeness (QED) is 0.264. The number of benzene rings is 1. The summed E-state index contributed by atoms with van der Waals surface area (Å²) >= 11 is 2.95. The third-order valence-corrected chi connectivity index (χ3v) is 5.95. The molecule has 5 nitrogen and oxygen atoms in total. The third kappa shape index (κ3) is 3.48. The molecule has 7 heteroatoms. The van der Waals surface area contributed by atoms with E-state index in [0.29, 0.717) is 22.8 Å². The van der Waals surface area contributed by atoms with Gasteiger partial charge in [0.1, 0.15) is 10.6 Å². The van der Waals surface area contributed by atoms with Crippen LogP contribution < -0.4 is 5.56 Å². The zero-order valence-electron chi connectivity index (χ0n) is 14.7. The summed E-state index contributed by atoms with van der Waals surface area (Å²) in [5, 5.41) is 7.22. The second-order valence-corrected chi connectivity index (χ2v) is 7.82. The standard InChI is InChI=1S/C20H17N3O2S2/c1-3-9-23-19(24)17-16(14-7-5-4-6-8-14)12-26-18(17)21-20(23)27-11-15-10-13(2)22-25-15/h3-8,10,12H,1,9,11H2,2H3. The zero-order valence-corrected chi connectivity index (χ0v) is 16.3. The maximum atomic E-state index is 13.2. The fraction of sp³-hybridized carbons (Fsp3) is 0.150. The highest BCUT2D eigenvalue weighted by Gasteiger charge is 2.17. The highest BCUT2D eigenvalue weighted by atomic mass is 32.2. The molecule has 3 heterocycles. The topological polar surface area (TPSA) is 60.9 Å². The van der Waals surface area contributed by atoms with Crippen LogP contribution in [0.2, 0.25) is 0 Å². The van der Waals surface area contributed by atoms with Gasteiger partial charge in [-0.1, -0.05) is 53.3 Å². The van der Waals surface area contributed by atoms with Crippen molar-refractivity contribution in [2.75, 3.05) is 0 Å². The van der Waals surface area contributed by atoms with Gasteiger partial charge in [0.15, 0.2) is 5.16 Å². The molecule has 0 amide bonds. The Morgan fingerprint density at radius 2 is 2.15 bits per heavy atom. The SMILES string of the molecule is C=CCn1c(SCc2cc(C)no2)nc2scc(-c3ccccc3)c2c1=O. The zero-order chi connectivity index (χ0) is 18.8. The number of aromatic nitrogens is 3. The Bertz CT molecular complexity index is 1160. The van der Waals surface area contributed by atoms with Crippen LogP contribution in [0.15, 0.2) is 68.9 Å². The third-order valence-electron chi connectivity index (χ3n) is 4.08. The van der Waals surface area contributed by atoms with E-state index in [2.05, 4.69) is 11.7 Å². The summed E-state index contributed by atoms with van der Waals surface area (Å²) in [7, 11) is 0. The number of hydrogen-bond acceptors (Lipinski definition) is 6. The molecule has 27 heavy (non-hydrogen) atoms. The lowest BCUT2D eigenvalue weighted by Crippen LogP contribution is -2.22. The molecule has 0 N–H and O–H groups in total. The van der Waals surface area contributed by atoms with Crippen LogP contribution in [0.4, 0.5) is 0 Å². The molecule has 4 aromatic rings. The highest BCUT2D eigenvalue weighted by molar-refractivity contribution is 7.98. The number of allylic oxidation sites excluding steroid dienone is 1. The van der Waals surface area contributed by atoms with E-state index in [1.807, 2.05) is 48.7 Å². The number of thioether (sulfide) groups is 1. The molecule has 0 aliphatic rings. The fourth-order valence-electron chi connectivity index (χ4n) is 2.86. The molecule has 1 aromatic carbocycles. The maximum absolute atomic E-state index is 13.2. The molecule has 0 saturated carbocycles. The smallest absolute Gasteiger partial charge is 0.263 e. The van der Waals surface area contributed by atoms with Gasteiger partial charge in [0.05, 0.1) is 16.8 Å². The minimum Gasteiger partial charge on any atom is -0.360 e. The lowest BCUT2D eigenvalue weighted by molar-refractivity contribution is 0.391. The minimum absolute atomic E-state index is 0.0451. The highest BCUT2D eigenvalue weighted by Crippen LogP contribution is 2.32. The summed E-state index contributed by atoms with van der Waals surface area (Å²) < 4.78 is 6.93. The molecule has 0 fully saturated rings. The van der Waals surface area contributed by atoms with Crippen LogP contribution in [0.1, 0.15) is 11.5 Å². The first-order chi connectivity index (χ1) is 13.2. The normalized spacial score (nSPS) is 11.1. The van der Waals surface area contributed by atoms with Crippen molar-refractivity contribution in [3.8, 4) is 11.1 Å². The van der Waals surface area contributed by atoms with E-state index in [1.165, 1.54) is 23.1 Å². The van der Waals surface area contributed by atoms with E-state index in [4.69, 9.17) is 9.51 Å². The molecule has 3 aromatic heterocycles. The molecule has 4 rings (SSSR count). The summed E-state index contributed by atoms with van der Waals surface area (Å²) in [5.74, 6) is 1.32. The monoisotopic (exact) mass is 395 g/mol. The van der Waals surface area contributed by atoms with Crippen molar-refractivity contribution in [3.63, 3.8) is 0 Å². The van der Waals surface area contributed by atoms with Crippen molar-refractivity contribution >= 4 is 33.3 Å². The molecule has 0 atom stereocenters. The first kappa shape index (κ1) is 17.8. The van der Waals surface area contributed by atoms with Crippen LogP contribution in [-0.2, 0) is 12.3 Å². The first-order valence-electron chi connectivity index (χ1n) is 8.40. The fourth-order valence-corrected chi connectivity index (χ4v) is 4.73. The molecular weight excluding hydrogens is 378 g/mol. The lowest BCUT2D eigenvalue weighted by Gasteiger charge is -2.10. The predicted molar refractivity (Wildman–Crippen MR) is 110 cm³/mol. The summed E-state index contributed by atoms with van der Waals surface area (Å²) in [5.41, 5.74) is 2.73. The Balaban J connectivity index is 1.79. The summed E-state index contributed by atoms with van der Waals surface area (Å²) in [4.78, 5) is 18.7. The first-order valence-corrected chi connectivity index (χ1v) is 10.3. The van der Waals surface area contributed by atoms with Crippen molar-refractivity contribution in [1.82, 2.24) is 14.7 Å². The molecule has 0 aliphatic heterocycles. The van der Waals surface area contributed by atoms with Gasteiger partial charge in [0.2, 0.25) is 0 Å². The Labute approximate surface area is 164 Å². The average molecular weight is 396 g/mol. The Kier molecular flexibility index (Phi) is 4.96. The van der Waals surface area contributed by atoms with Crippen molar-refractivity contribution in [3.05, 3.63) is 76.2 Å². The van der Waals surface area contributed by atoms with Crippen LogP contribution in [0, 0.1) is 6.92 Å². The molecular formula is C20H17N3O2S2. The number of hydrogen-bond donors (Lipinski definition) is 0. The molecule has 0 unspecified atom stereocenters. The Morgan fingerprint density at radius 3 is 2.85 bits per heavy atom.